The zero-order valence-corrected chi connectivity index (χ0v) is 14.3. The van der Waals surface area contributed by atoms with Gasteiger partial charge in [0.25, 0.3) is 0 Å². The first-order valence-corrected chi connectivity index (χ1v) is 8.33. The van der Waals surface area contributed by atoms with Crippen molar-refractivity contribution in [3.63, 3.8) is 0 Å². The van der Waals surface area contributed by atoms with Crippen LogP contribution in [0.2, 0.25) is 0 Å². The topological polar surface area (TPSA) is 60.4 Å². The summed E-state index contributed by atoms with van der Waals surface area (Å²) in [6, 6.07) is 8.05. The second kappa shape index (κ2) is 8.17. The van der Waals surface area contributed by atoms with Crippen LogP contribution in [0.5, 0.6) is 0 Å². The van der Waals surface area contributed by atoms with Gasteiger partial charge < -0.3 is 14.4 Å². The zero-order valence-electron chi connectivity index (χ0n) is 14.3. The van der Waals surface area contributed by atoms with Crippen LogP contribution in [-0.4, -0.2) is 48.4 Å². The van der Waals surface area contributed by atoms with Crippen molar-refractivity contribution in [1.82, 2.24) is 15.0 Å². The van der Waals surface area contributed by atoms with Crippen molar-refractivity contribution in [2.24, 2.45) is 0 Å². The van der Waals surface area contributed by atoms with Gasteiger partial charge in [-0.2, -0.15) is 0 Å². The maximum Gasteiger partial charge on any atom is 0.132 e. The average molecular weight is 328 g/mol. The minimum absolute atomic E-state index is 0.365. The molecule has 0 spiro atoms. The summed E-state index contributed by atoms with van der Waals surface area (Å²) < 4.78 is 10.8. The van der Waals surface area contributed by atoms with E-state index in [1.165, 1.54) is 0 Å². The molecule has 0 bridgehead atoms. The molecule has 24 heavy (non-hydrogen) atoms. The molecule has 6 heteroatoms. The fraction of sp³-hybridized carbons (Fsp3) is 0.500. The van der Waals surface area contributed by atoms with Gasteiger partial charge in [-0.25, -0.2) is 9.97 Å². The van der Waals surface area contributed by atoms with Crippen molar-refractivity contribution in [2.75, 3.05) is 38.4 Å². The number of rotatable bonds is 7. The number of aryl methyl sites for hydroxylation is 1. The SMILES string of the molecule is COCCN(Cc1ccccn1)c1cc([C@H]2CCOC2)nc(C)n1. The lowest BCUT2D eigenvalue weighted by Gasteiger charge is -2.24. The van der Waals surface area contributed by atoms with Crippen LogP contribution >= 0.6 is 0 Å². The van der Waals surface area contributed by atoms with Crippen LogP contribution in [0.15, 0.2) is 30.5 Å². The van der Waals surface area contributed by atoms with Crippen LogP contribution in [0.1, 0.15) is 29.6 Å². The van der Waals surface area contributed by atoms with Crippen molar-refractivity contribution in [3.05, 3.63) is 47.7 Å². The smallest absolute Gasteiger partial charge is 0.132 e. The standard InChI is InChI=1S/C18H24N4O2/c1-14-20-17(15-6-9-24-13-15)11-18(21-14)22(8-10-23-2)12-16-5-3-4-7-19-16/h3-5,7,11,15H,6,8-10,12-13H2,1-2H3/t15-/m0/s1. The Kier molecular flexibility index (Phi) is 5.72. The van der Waals surface area contributed by atoms with E-state index in [2.05, 4.69) is 25.9 Å². The Morgan fingerprint density at radius 3 is 2.96 bits per heavy atom. The number of aromatic nitrogens is 3. The number of methoxy groups -OCH3 is 1. The highest BCUT2D eigenvalue weighted by Gasteiger charge is 2.21. The van der Waals surface area contributed by atoms with Crippen LogP contribution in [0.3, 0.4) is 0 Å². The summed E-state index contributed by atoms with van der Waals surface area (Å²) >= 11 is 0. The van der Waals surface area contributed by atoms with E-state index in [9.17, 15) is 0 Å². The molecule has 1 aliphatic heterocycles. The molecule has 3 heterocycles. The molecule has 3 rings (SSSR count). The third kappa shape index (κ3) is 4.27. The quantitative estimate of drug-likeness (QED) is 0.777. The molecule has 1 aliphatic rings. The number of nitrogens with zero attached hydrogens (tertiary/aromatic N) is 4. The molecule has 2 aromatic heterocycles. The summed E-state index contributed by atoms with van der Waals surface area (Å²) in [7, 11) is 1.71. The van der Waals surface area contributed by atoms with E-state index in [-0.39, 0.29) is 0 Å². The molecule has 128 valence electrons. The molecule has 0 unspecified atom stereocenters. The summed E-state index contributed by atoms with van der Waals surface area (Å²) in [6.45, 7) is 5.58. The van der Waals surface area contributed by atoms with Crippen LogP contribution in [-0.2, 0) is 16.0 Å². The van der Waals surface area contributed by atoms with Crippen molar-refractivity contribution >= 4 is 5.82 Å². The number of hydrogen-bond acceptors (Lipinski definition) is 6. The normalized spacial score (nSPS) is 17.2. The van der Waals surface area contributed by atoms with Crippen LogP contribution in [0.4, 0.5) is 5.82 Å². The van der Waals surface area contributed by atoms with Crippen LogP contribution in [0, 0.1) is 6.92 Å². The highest BCUT2D eigenvalue weighted by Crippen LogP contribution is 2.26. The van der Waals surface area contributed by atoms with Crippen molar-refractivity contribution < 1.29 is 9.47 Å². The van der Waals surface area contributed by atoms with Gasteiger partial charge in [-0.1, -0.05) is 6.07 Å². The van der Waals surface area contributed by atoms with Gasteiger partial charge in [0.05, 0.1) is 31.1 Å². The predicted octanol–water partition coefficient (Wildman–Crippen LogP) is 2.34. The van der Waals surface area contributed by atoms with Gasteiger partial charge in [0.2, 0.25) is 0 Å². The third-order valence-electron chi connectivity index (χ3n) is 4.16. The minimum atomic E-state index is 0.365. The van der Waals surface area contributed by atoms with E-state index < -0.39 is 0 Å². The minimum Gasteiger partial charge on any atom is -0.383 e. The fourth-order valence-corrected chi connectivity index (χ4v) is 2.88. The lowest BCUT2D eigenvalue weighted by Crippen LogP contribution is -2.28. The molecule has 1 saturated heterocycles. The molecular weight excluding hydrogens is 304 g/mol. The largest absolute Gasteiger partial charge is 0.383 e. The molecule has 0 radical (unpaired) electrons. The summed E-state index contributed by atoms with van der Waals surface area (Å²) in [5, 5.41) is 0. The van der Waals surface area contributed by atoms with Crippen molar-refractivity contribution in [3.8, 4) is 0 Å². The second-order valence-corrected chi connectivity index (χ2v) is 5.99. The molecule has 0 aliphatic carbocycles. The number of ether oxygens (including phenoxy) is 2. The van der Waals surface area contributed by atoms with Crippen molar-refractivity contribution in [2.45, 2.75) is 25.8 Å². The molecule has 6 nitrogen and oxygen atoms in total. The first-order valence-electron chi connectivity index (χ1n) is 8.33. The highest BCUT2D eigenvalue weighted by molar-refractivity contribution is 5.41. The van der Waals surface area contributed by atoms with Gasteiger partial charge in [0.1, 0.15) is 11.6 Å². The van der Waals surface area contributed by atoms with E-state index >= 15 is 0 Å². The van der Waals surface area contributed by atoms with Crippen LogP contribution in [0.25, 0.3) is 0 Å². The van der Waals surface area contributed by atoms with E-state index in [0.717, 1.165) is 49.2 Å². The third-order valence-corrected chi connectivity index (χ3v) is 4.16. The first kappa shape index (κ1) is 16.8. The van der Waals surface area contributed by atoms with E-state index in [4.69, 9.17) is 9.47 Å². The van der Waals surface area contributed by atoms with E-state index in [1.807, 2.05) is 31.3 Å². The molecular formula is C18H24N4O2. The molecule has 1 atom stereocenters. The Balaban J connectivity index is 1.85. The number of pyridine rings is 1. The second-order valence-electron chi connectivity index (χ2n) is 5.99. The summed E-state index contributed by atoms with van der Waals surface area (Å²) in [5.74, 6) is 2.08. The first-order chi connectivity index (χ1) is 11.8. The molecule has 0 aromatic carbocycles. The Hall–Kier alpha value is -2.05. The van der Waals surface area contributed by atoms with Gasteiger partial charge in [-0.05, 0) is 25.5 Å². The van der Waals surface area contributed by atoms with Gasteiger partial charge in [0, 0.05) is 38.4 Å². The number of hydrogen-bond donors (Lipinski definition) is 0. The fourth-order valence-electron chi connectivity index (χ4n) is 2.88. The monoisotopic (exact) mass is 328 g/mol. The average Bonchev–Trinajstić information content (AvgIpc) is 3.13. The molecule has 0 amide bonds. The maximum atomic E-state index is 5.51. The lowest BCUT2D eigenvalue weighted by molar-refractivity contribution is 0.193. The van der Waals surface area contributed by atoms with E-state index in [0.29, 0.717) is 19.1 Å². The Morgan fingerprint density at radius 2 is 2.25 bits per heavy atom. The Bertz CT molecular complexity index is 645. The van der Waals surface area contributed by atoms with Gasteiger partial charge in [0.15, 0.2) is 0 Å². The highest BCUT2D eigenvalue weighted by atomic mass is 16.5. The van der Waals surface area contributed by atoms with Gasteiger partial charge in [-0.15, -0.1) is 0 Å². The lowest BCUT2D eigenvalue weighted by atomic mass is 10.0. The summed E-state index contributed by atoms with van der Waals surface area (Å²) in [5.41, 5.74) is 2.08. The molecule has 0 N–H and O–H groups in total. The Morgan fingerprint density at radius 1 is 1.33 bits per heavy atom. The summed E-state index contributed by atoms with van der Waals surface area (Å²) in [4.78, 5) is 15.9. The van der Waals surface area contributed by atoms with Gasteiger partial charge >= 0.3 is 0 Å². The summed E-state index contributed by atoms with van der Waals surface area (Å²) in [6.07, 6.45) is 2.84. The van der Waals surface area contributed by atoms with Crippen LogP contribution < -0.4 is 4.90 Å². The van der Waals surface area contributed by atoms with Crippen molar-refractivity contribution in [1.29, 1.82) is 0 Å². The zero-order chi connectivity index (χ0) is 16.8. The maximum absolute atomic E-state index is 5.51. The van der Waals surface area contributed by atoms with E-state index in [1.54, 1.807) is 7.11 Å². The molecule has 0 saturated carbocycles. The number of anilines is 1. The Labute approximate surface area is 142 Å². The molecule has 1 fully saturated rings. The van der Waals surface area contributed by atoms with Gasteiger partial charge in [-0.3, -0.25) is 4.98 Å². The molecule has 2 aromatic rings. The predicted molar refractivity (Wildman–Crippen MR) is 92.1 cm³/mol.